The molecule has 1 unspecified atom stereocenters. The first-order chi connectivity index (χ1) is 46.3. The number of aldehydes is 1. The standard InChI is InChI=1S/C19H17N7O.C18H14N4O.C16H11BrN4.C12H10ClNO.C4H3BrN2.N2/c1-12(24-25-18(20)27)15-9-22-19-23-10-16(26(19)11-15)8-13-4-5-17-14(7-13)3-2-6-21-17;1-12(23)15-9-20-18-21-10-16(22(18)11-15)8-13-4-5-17-14(7-13)3-2-6-19-17;17-13-8-19-16-20-9-14(21(16)10-13)7-11-3-4-15-12(6-11)2-1-5-18-15;13-11(8-15)7-9-3-4-12-10(6-9)2-1-5-14-12;5-4-1-6-3-7-2-4;1-2/h2-7,9-11H,8H2,1H3,(H3,20,25,27);2-7,9-11H,8H2,1H3;1-6,8-10H,7H2;1-6,8,11H,7H2;1-3H;/b24-12+;;;;;. The van der Waals surface area contributed by atoms with Crippen LogP contribution < -0.4 is 11.2 Å². The largest absolute Gasteiger partial charge is 0.350 e. The fourth-order valence-corrected chi connectivity index (χ4v) is 10.6. The zero-order valence-electron chi connectivity index (χ0n) is 50.8. The van der Waals surface area contributed by atoms with Crippen molar-refractivity contribution < 1.29 is 14.4 Å². The van der Waals surface area contributed by atoms with Crippen LogP contribution in [-0.2, 0) is 30.5 Å². The number of carbonyl (C=O) groups excluding carboxylic acids is 3. The summed E-state index contributed by atoms with van der Waals surface area (Å²) < 4.78 is 7.67. The highest BCUT2D eigenvalue weighted by Crippen LogP contribution is 2.22. The Morgan fingerprint density at radius 1 is 0.516 bits per heavy atom. The van der Waals surface area contributed by atoms with E-state index in [4.69, 9.17) is 28.1 Å². The number of benzene rings is 4. The van der Waals surface area contributed by atoms with Gasteiger partial charge in [0.05, 0.1) is 66.3 Å². The number of fused-ring (bicyclic) bond motifs is 7. The molecule has 0 aliphatic rings. The second-order valence-corrected chi connectivity index (χ2v) is 23.4. The van der Waals surface area contributed by atoms with Crippen molar-refractivity contribution in [3.63, 3.8) is 0 Å². The maximum absolute atomic E-state index is 11.5. The number of nitrogens with one attached hydrogen (secondary N) is 1. The lowest BCUT2D eigenvalue weighted by molar-refractivity contribution is -0.107. The van der Waals surface area contributed by atoms with Crippen molar-refractivity contribution in [3.05, 3.63) is 280 Å². The van der Waals surface area contributed by atoms with Crippen molar-refractivity contribution in [1.29, 1.82) is 10.8 Å². The lowest BCUT2D eigenvalue weighted by Crippen LogP contribution is -2.25. The molecule has 1 atom stereocenters. The van der Waals surface area contributed by atoms with Crippen LogP contribution in [0.25, 0.3) is 60.9 Å². The van der Waals surface area contributed by atoms with Gasteiger partial charge in [0.2, 0.25) is 17.3 Å². The van der Waals surface area contributed by atoms with Gasteiger partial charge in [-0.3, -0.25) is 37.9 Å². The van der Waals surface area contributed by atoms with E-state index in [2.05, 4.69) is 157 Å². The van der Waals surface area contributed by atoms with Crippen LogP contribution in [0.1, 0.15) is 69.1 Å². The average molecular weight is 1410 g/mol. The fraction of sp³-hybridized carbons (Fsp3) is 0.101. The summed E-state index contributed by atoms with van der Waals surface area (Å²) >= 11 is 12.4. The molecule has 15 aromatic rings. The molecule has 2 amide bonds. The Bertz CT molecular complexity index is 5240. The number of hydrogen-bond donors (Lipinski definition) is 2. The zero-order valence-corrected chi connectivity index (χ0v) is 54.7. The Balaban J connectivity index is 0.000000134. The number of alkyl halides is 1. The third-order valence-electron chi connectivity index (χ3n) is 14.4. The number of ketones is 1. The predicted molar refractivity (Wildman–Crippen MR) is 370 cm³/mol. The number of urea groups is 1. The van der Waals surface area contributed by atoms with E-state index in [1.165, 1.54) is 24.4 Å². The Kier molecular flexibility index (Phi) is 22.4. The second kappa shape index (κ2) is 32.1. The van der Waals surface area contributed by atoms with Crippen molar-refractivity contribution in [2.24, 2.45) is 10.8 Å². The number of amides is 2. The van der Waals surface area contributed by atoms with Crippen molar-refractivity contribution in [2.45, 2.75) is 44.9 Å². The molecule has 0 saturated heterocycles. The highest BCUT2D eigenvalue weighted by molar-refractivity contribution is 9.10. The number of primary amides is 1. The van der Waals surface area contributed by atoms with Crippen LogP contribution in [0.4, 0.5) is 4.79 Å². The Morgan fingerprint density at radius 3 is 1.29 bits per heavy atom. The quantitative estimate of drug-likeness (QED) is 0.0287. The Morgan fingerprint density at radius 2 is 0.895 bits per heavy atom. The third-order valence-corrected chi connectivity index (χ3v) is 15.5. The Labute approximate surface area is 564 Å². The number of pyridine rings is 4. The topological polar surface area (TPSA) is 317 Å². The molecule has 0 aliphatic heterocycles. The summed E-state index contributed by atoms with van der Waals surface area (Å²) in [5.41, 5.74) is 20.9. The van der Waals surface area contributed by atoms with E-state index in [1.807, 2.05) is 111 Å². The van der Waals surface area contributed by atoms with Gasteiger partial charge in [-0.25, -0.2) is 50.1 Å². The van der Waals surface area contributed by atoms with Gasteiger partial charge in [0.1, 0.15) is 12.6 Å². The normalized spacial score (nSPS) is 11.2. The van der Waals surface area contributed by atoms with Gasteiger partial charge in [-0.1, -0.05) is 48.5 Å². The van der Waals surface area contributed by atoms with E-state index in [-0.39, 0.29) is 5.78 Å². The van der Waals surface area contributed by atoms with Gasteiger partial charge in [0.15, 0.2) is 5.78 Å². The van der Waals surface area contributed by atoms with Crippen LogP contribution in [-0.4, -0.2) is 102 Å². The molecular formula is C69H55Br2ClN20O3. The first kappa shape index (κ1) is 66.3. The lowest BCUT2D eigenvalue weighted by Gasteiger charge is -2.06. The van der Waals surface area contributed by atoms with Crippen LogP contribution >= 0.6 is 43.5 Å². The minimum absolute atomic E-state index is 0.00386. The first-order valence-electron chi connectivity index (χ1n) is 29.1. The molecule has 0 saturated carbocycles. The molecule has 23 nitrogen and oxygen atoms in total. The van der Waals surface area contributed by atoms with Crippen LogP contribution in [0.15, 0.2) is 235 Å². The third kappa shape index (κ3) is 17.7. The number of hydrazone groups is 1. The van der Waals surface area contributed by atoms with Crippen molar-refractivity contribution in [3.8, 4) is 0 Å². The summed E-state index contributed by atoms with van der Waals surface area (Å²) in [4.78, 5) is 83.4. The molecule has 11 heterocycles. The molecular weight excluding hydrogens is 1350 g/mol. The van der Waals surface area contributed by atoms with Crippen LogP contribution in [0.5, 0.6) is 0 Å². The van der Waals surface area contributed by atoms with Gasteiger partial charge in [-0.2, -0.15) is 5.10 Å². The molecule has 11 aromatic heterocycles. The number of Topliss-reactive ketones (excluding diaryl/α,β-unsaturated/α-hetero) is 1. The minimum Gasteiger partial charge on any atom is -0.350 e. The summed E-state index contributed by atoms with van der Waals surface area (Å²) in [6.07, 6.45) is 31.7. The molecule has 4 aromatic carbocycles. The molecule has 26 heteroatoms. The molecule has 0 fully saturated rings. The van der Waals surface area contributed by atoms with Crippen LogP contribution in [0.2, 0.25) is 0 Å². The van der Waals surface area contributed by atoms with Crippen molar-refractivity contribution >= 4 is 128 Å². The van der Waals surface area contributed by atoms with E-state index in [9.17, 15) is 14.4 Å². The second-order valence-electron chi connectivity index (χ2n) is 21.0. The molecule has 470 valence electrons. The average Bonchev–Trinajstić information content (AvgIpc) is 1.75. The number of nitrogens with zero attached hydrogens (tertiary/aromatic N) is 18. The summed E-state index contributed by atoms with van der Waals surface area (Å²) in [5, 5.41) is 19.9. The van der Waals surface area contributed by atoms with Gasteiger partial charge >= 0.3 is 6.03 Å². The van der Waals surface area contributed by atoms with Crippen molar-refractivity contribution in [2.75, 3.05) is 0 Å². The summed E-state index contributed by atoms with van der Waals surface area (Å²) in [6, 6.07) is 39.9. The van der Waals surface area contributed by atoms with E-state index in [0.717, 1.165) is 111 Å². The predicted octanol–water partition coefficient (Wildman–Crippen LogP) is 12.8. The minimum atomic E-state index is -0.711. The molecule has 3 N–H and O–H groups in total. The highest BCUT2D eigenvalue weighted by atomic mass is 79.9. The van der Waals surface area contributed by atoms with E-state index in [0.29, 0.717) is 35.7 Å². The molecule has 0 spiro atoms. The van der Waals surface area contributed by atoms with Gasteiger partial charge in [0.25, 0.3) is 0 Å². The summed E-state index contributed by atoms with van der Waals surface area (Å²) in [5.74, 6) is 1.92. The smallest absolute Gasteiger partial charge is 0.332 e. The molecule has 15 rings (SSSR count). The number of aromatic nitrogens is 15. The Hall–Kier alpha value is -11.6. The fourth-order valence-electron chi connectivity index (χ4n) is 9.84. The summed E-state index contributed by atoms with van der Waals surface area (Å²) in [7, 11) is 0. The maximum atomic E-state index is 11.5. The van der Waals surface area contributed by atoms with Gasteiger partial charge in [-0.05, 0) is 147 Å². The zero-order chi connectivity index (χ0) is 66.6. The first-order valence-corrected chi connectivity index (χ1v) is 31.1. The molecule has 0 radical (unpaired) electrons. The monoisotopic (exact) mass is 1400 g/mol. The van der Waals surface area contributed by atoms with Crippen LogP contribution in [0, 0.1) is 10.8 Å². The summed E-state index contributed by atoms with van der Waals surface area (Å²) in [6.45, 7) is 3.31. The van der Waals surface area contributed by atoms with Gasteiger partial charge < -0.3 is 10.5 Å². The number of hydrogen-bond acceptors (Lipinski definition) is 18. The number of rotatable bonds is 12. The molecule has 95 heavy (non-hydrogen) atoms. The number of imidazole rings is 3. The van der Waals surface area contributed by atoms with Crippen LogP contribution in [0.3, 0.4) is 0 Å². The van der Waals surface area contributed by atoms with Gasteiger partial charge in [0, 0.05) is 149 Å². The maximum Gasteiger partial charge on any atom is 0.332 e. The van der Waals surface area contributed by atoms with E-state index < -0.39 is 11.4 Å². The lowest BCUT2D eigenvalue weighted by atomic mass is 10.1. The number of carbonyl (C=O) groups is 3. The van der Waals surface area contributed by atoms with E-state index >= 15 is 0 Å². The van der Waals surface area contributed by atoms with Crippen molar-refractivity contribution in [1.82, 2.24) is 78.4 Å². The van der Waals surface area contributed by atoms with Gasteiger partial charge in [-0.15, -0.1) is 11.6 Å². The number of halogens is 3. The molecule has 0 aliphatic carbocycles. The SMILES string of the molecule is Brc1cnc2ncc(Cc3ccc4ncccc4c3)n2c1.Brc1cncnc1.C/C(=N\NC(N)=O)c1cnc2ncc(Cc3ccc4ncccc4c3)n2c1.CC(=O)c1cnc2ncc(Cc3ccc4ncccc4c3)n2c1.N#N.O=CC(Cl)Cc1ccc2ncccc2c1. The van der Waals surface area contributed by atoms with E-state index in [1.54, 1.807) is 68.9 Å². The highest BCUT2D eigenvalue weighted by Gasteiger charge is 2.13. The molecule has 0 bridgehead atoms. The number of nitrogens with two attached hydrogens (primary N) is 1.